The molecule has 0 radical (unpaired) electrons. The highest BCUT2D eigenvalue weighted by Crippen LogP contribution is 2.23. The van der Waals surface area contributed by atoms with Gasteiger partial charge in [-0.15, -0.1) is 0 Å². The second-order valence-corrected chi connectivity index (χ2v) is 4.34. The van der Waals surface area contributed by atoms with Crippen LogP contribution in [0.25, 0.3) is 0 Å². The first-order valence-electron chi connectivity index (χ1n) is 5.09. The minimum atomic E-state index is -4.33. The van der Waals surface area contributed by atoms with Gasteiger partial charge in [0.05, 0.1) is 13.2 Å². The summed E-state index contributed by atoms with van der Waals surface area (Å²) in [6.45, 7) is -1.67. The maximum absolute atomic E-state index is 11.8. The van der Waals surface area contributed by atoms with Gasteiger partial charge >= 0.3 is 6.18 Å². The molecule has 7 heteroatoms. The van der Waals surface area contributed by atoms with Crippen molar-refractivity contribution in [2.75, 3.05) is 19.8 Å². The lowest BCUT2D eigenvalue weighted by Crippen LogP contribution is -2.19. The Morgan fingerprint density at radius 3 is 2.56 bits per heavy atom. The van der Waals surface area contributed by atoms with Crippen molar-refractivity contribution < 1.29 is 27.8 Å². The summed E-state index contributed by atoms with van der Waals surface area (Å²) >= 11 is 3.24. The van der Waals surface area contributed by atoms with Gasteiger partial charge in [0.25, 0.3) is 0 Å². The van der Waals surface area contributed by atoms with Gasteiger partial charge in [-0.3, -0.25) is 0 Å². The van der Waals surface area contributed by atoms with Gasteiger partial charge in [0, 0.05) is 10.0 Å². The molecule has 0 amide bonds. The van der Waals surface area contributed by atoms with E-state index in [0.717, 1.165) is 4.47 Å². The zero-order valence-electron chi connectivity index (χ0n) is 9.34. The third-order valence-electron chi connectivity index (χ3n) is 1.94. The number of halogens is 4. The molecule has 3 nitrogen and oxygen atoms in total. The molecule has 0 atom stereocenters. The summed E-state index contributed by atoms with van der Waals surface area (Å²) in [4.78, 5) is 0. The Morgan fingerprint density at radius 2 is 1.94 bits per heavy atom. The number of benzene rings is 1. The van der Waals surface area contributed by atoms with E-state index in [-0.39, 0.29) is 19.8 Å². The first-order valence-corrected chi connectivity index (χ1v) is 5.88. The van der Waals surface area contributed by atoms with Crippen LogP contribution in [-0.2, 0) is 11.3 Å². The molecular weight excluding hydrogens is 317 g/mol. The van der Waals surface area contributed by atoms with Gasteiger partial charge in [0.1, 0.15) is 19.0 Å². The highest BCUT2D eigenvalue weighted by molar-refractivity contribution is 9.10. The molecule has 1 aromatic carbocycles. The lowest BCUT2D eigenvalue weighted by molar-refractivity contribution is -0.175. The molecule has 0 heterocycles. The number of ether oxygens (including phenoxy) is 2. The van der Waals surface area contributed by atoms with E-state index >= 15 is 0 Å². The summed E-state index contributed by atoms with van der Waals surface area (Å²) in [5, 5.41) is 9.07. The van der Waals surface area contributed by atoms with Crippen LogP contribution < -0.4 is 4.74 Å². The average Bonchev–Trinajstić information content (AvgIpc) is 2.28. The smallest absolute Gasteiger partial charge is 0.411 e. The van der Waals surface area contributed by atoms with E-state index in [9.17, 15) is 13.2 Å². The Hall–Kier alpha value is -0.790. The van der Waals surface area contributed by atoms with Crippen LogP contribution in [-0.4, -0.2) is 31.1 Å². The van der Waals surface area contributed by atoms with Crippen LogP contribution in [0.4, 0.5) is 13.2 Å². The third-order valence-corrected chi connectivity index (χ3v) is 2.44. The number of rotatable bonds is 6. The number of aliphatic hydroxyl groups excluding tert-OH is 1. The number of hydrogen-bond acceptors (Lipinski definition) is 3. The SMILES string of the molecule is OCc1cc(Br)ccc1OCCOCC(F)(F)F. The minimum Gasteiger partial charge on any atom is -0.491 e. The minimum absolute atomic E-state index is 0.00921. The maximum Gasteiger partial charge on any atom is 0.411 e. The standard InChI is InChI=1S/C11H12BrF3O3/c12-9-1-2-10(8(5-9)6-16)18-4-3-17-7-11(13,14)15/h1-2,5,16H,3-4,6-7H2. The molecular formula is C11H12BrF3O3. The molecule has 0 fully saturated rings. The summed E-state index contributed by atoms with van der Waals surface area (Å²) in [7, 11) is 0. The van der Waals surface area contributed by atoms with Crippen molar-refractivity contribution in [3.63, 3.8) is 0 Å². The fraction of sp³-hybridized carbons (Fsp3) is 0.455. The molecule has 1 N–H and O–H groups in total. The van der Waals surface area contributed by atoms with Crippen molar-refractivity contribution in [3.8, 4) is 5.75 Å². The molecule has 0 unspecified atom stereocenters. The molecule has 1 rings (SSSR count). The maximum atomic E-state index is 11.8. The summed E-state index contributed by atoms with van der Waals surface area (Å²) < 4.78 is 45.7. The molecule has 0 aliphatic rings. The number of aliphatic hydroxyl groups is 1. The Morgan fingerprint density at radius 1 is 1.22 bits per heavy atom. The van der Waals surface area contributed by atoms with E-state index in [4.69, 9.17) is 9.84 Å². The zero-order valence-corrected chi connectivity index (χ0v) is 10.9. The molecule has 0 saturated carbocycles. The average molecular weight is 329 g/mol. The predicted molar refractivity (Wildman–Crippen MR) is 62.4 cm³/mol. The van der Waals surface area contributed by atoms with Gasteiger partial charge < -0.3 is 14.6 Å². The molecule has 0 aliphatic carbocycles. The summed E-state index contributed by atoms with van der Waals surface area (Å²) in [5.74, 6) is 0.427. The van der Waals surface area contributed by atoms with Crippen LogP contribution in [0.3, 0.4) is 0 Å². The molecule has 18 heavy (non-hydrogen) atoms. The molecule has 0 saturated heterocycles. The predicted octanol–water partition coefficient (Wildman–Crippen LogP) is 2.90. The fourth-order valence-corrected chi connectivity index (χ4v) is 1.62. The van der Waals surface area contributed by atoms with Crippen LogP contribution in [0.15, 0.2) is 22.7 Å². The normalized spacial score (nSPS) is 11.6. The van der Waals surface area contributed by atoms with E-state index in [2.05, 4.69) is 20.7 Å². The van der Waals surface area contributed by atoms with Crippen LogP contribution in [0.5, 0.6) is 5.75 Å². The van der Waals surface area contributed by atoms with Crippen molar-refractivity contribution in [2.24, 2.45) is 0 Å². The second-order valence-electron chi connectivity index (χ2n) is 3.43. The second kappa shape index (κ2) is 6.96. The van der Waals surface area contributed by atoms with Crippen molar-refractivity contribution in [3.05, 3.63) is 28.2 Å². The number of alkyl halides is 3. The van der Waals surface area contributed by atoms with Crippen molar-refractivity contribution in [1.82, 2.24) is 0 Å². The fourth-order valence-electron chi connectivity index (χ4n) is 1.21. The monoisotopic (exact) mass is 328 g/mol. The largest absolute Gasteiger partial charge is 0.491 e. The first-order chi connectivity index (χ1) is 8.42. The van der Waals surface area contributed by atoms with E-state index in [0.29, 0.717) is 11.3 Å². The Labute approximate surface area is 111 Å². The Kier molecular flexibility index (Phi) is 5.90. The number of hydrogen-bond donors (Lipinski definition) is 1. The van der Waals surface area contributed by atoms with Gasteiger partial charge in [-0.1, -0.05) is 15.9 Å². The molecule has 1 aromatic rings. The summed E-state index contributed by atoms with van der Waals surface area (Å²) in [6, 6.07) is 5.01. The topological polar surface area (TPSA) is 38.7 Å². The van der Waals surface area contributed by atoms with Crippen LogP contribution in [0.2, 0.25) is 0 Å². The molecule has 0 aromatic heterocycles. The highest BCUT2D eigenvalue weighted by Gasteiger charge is 2.27. The molecule has 0 bridgehead atoms. The Bertz CT molecular complexity index is 382. The lowest BCUT2D eigenvalue weighted by Gasteiger charge is -2.11. The molecule has 0 spiro atoms. The summed E-state index contributed by atoms with van der Waals surface area (Å²) in [5.41, 5.74) is 0.556. The van der Waals surface area contributed by atoms with Gasteiger partial charge in [-0.05, 0) is 18.2 Å². The molecule has 102 valence electrons. The molecule has 0 aliphatic heterocycles. The van der Waals surface area contributed by atoms with Crippen LogP contribution >= 0.6 is 15.9 Å². The van der Waals surface area contributed by atoms with Crippen molar-refractivity contribution in [1.29, 1.82) is 0 Å². The van der Waals surface area contributed by atoms with Gasteiger partial charge in [0.15, 0.2) is 0 Å². The zero-order chi connectivity index (χ0) is 13.6. The van der Waals surface area contributed by atoms with Crippen LogP contribution in [0, 0.1) is 0 Å². The third kappa shape index (κ3) is 5.70. The van der Waals surface area contributed by atoms with E-state index in [1.165, 1.54) is 0 Å². The van der Waals surface area contributed by atoms with Gasteiger partial charge in [-0.2, -0.15) is 13.2 Å². The van der Waals surface area contributed by atoms with Crippen molar-refractivity contribution >= 4 is 15.9 Å². The summed E-state index contributed by atoms with van der Waals surface area (Å²) in [6.07, 6.45) is -4.33. The van der Waals surface area contributed by atoms with E-state index in [1.54, 1.807) is 18.2 Å². The quantitative estimate of drug-likeness (QED) is 0.816. The van der Waals surface area contributed by atoms with Crippen molar-refractivity contribution in [2.45, 2.75) is 12.8 Å². The van der Waals surface area contributed by atoms with E-state index < -0.39 is 12.8 Å². The Balaban J connectivity index is 2.35. The van der Waals surface area contributed by atoms with Gasteiger partial charge in [0.2, 0.25) is 0 Å². The van der Waals surface area contributed by atoms with Gasteiger partial charge in [-0.25, -0.2) is 0 Å². The highest BCUT2D eigenvalue weighted by atomic mass is 79.9. The first kappa shape index (κ1) is 15.3. The van der Waals surface area contributed by atoms with Crippen LogP contribution in [0.1, 0.15) is 5.56 Å². The van der Waals surface area contributed by atoms with E-state index in [1.807, 2.05) is 0 Å². The lowest BCUT2D eigenvalue weighted by atomic mass is 10.2.